The smallest absolute Gasteiger partial charge is 0.333 e. The van der Waals surface area contributed by atoms with Crippen molar-refractivity contribution >= 4 is 47.3 Å². The molecule has 0 unspecified atom stereocenters. The number of aliphatic imine (C=N–C) groups is 2. The molecule has 2 fully saturated rings. The number of carbonyl (C=O) groups is 4. The number of ether oxygens (including phenoxy) is 2. The summed E-state index contributed by atoms with van der Waals surface area (Å²) < 4.78 is 122. The molecule has 2 amide bonds. The monoisotopic (exact) mass is 1420 g/mol. The molecule has 4 aromatic carbocycles. The highest BCUT2D eigenvalue weighted by molar-refractivity contribution is 6.32. The van der Waals surface area contributed by atoms with Gasteiger partial charge in [-0.3, -0.25) is 29.0 Å². The fraction of sp³-hybridized carbons (Fsp3) is 0.429. The molecule has 534 valence electrons. The Morgan fingerprint density at radius 1 is 0.554 bits per heavy atom. The van der Waals surface area contributed by atoms with E-state index >= 15 is 0 Å². The second-order valence-corrected chi connectivity index (χ2v) is 29.4. The van der Waals surface area contributed by atoms with Gasteiger partial charge >= 0.3 is 25.0 Å². The molecular weight excluding hydrogens is 1350 g/mol. The van der Waals surface area contributed by atoms with Crippen molar-refractivity contribution in [2.75, 3.05) is 13.2 Å². The number of aromatic nitrogens is 10. The van der Waals surface area contributed by atoms with Gasteiger partial charge in [0.25, 0.3) is 24.7 Å². The van der Waals surface area contributed by atoms with Crippen LogP contribution >= 0.6 is 11.6 Å². The lowest BCUT2D eigenvalue weighted by Crippen LogP contribution is -2.47. The molecule has 4 N–H and O–H groups in total. The Balaban J connectivity index is 0.000000203. The normalized spacial score (nSPS) is 19.2. The molecular formula is C70H75ClF8N16O6. The molecule has 6 heterocycles. The van der Waals surface area contributed by atoms with E-state index in [1.807, 2.05) is 55.4 Å². The van der Waals surface area contributed by atoms with Crippen LogP contribution in [0.25, 0.3) is 33.6 Å². The maximum absolute atomic E-state index is 14.9. The van der Waals surface area contributed by atoms with E-state index in [4.69, 9.17) is 42.5 Å². The maximum atomic E-state index is 14.9. The van der Waals surface area contributed by atoms with Gasteiger partial charge in [-0.1, -0.05) is 134 Å². The van der Waals surface area contributed by atoms with Gasteiger partial charge in [0, 0.05) is 23.5 Å². The third kappa shape index (κ3) is 15.7. The van der Waals surface area contributed by atoms with Crippen LogP contribution in [0.15, 0.2) is 138 Å². The zero-order valence-electron chi connectivity index (χ0n) is 56.4. The average Bonchev–Trinajstić information content (AvgIpc) is 1.60. The highest BCUT2D eigenvalue weighted by Crippen LogP contribution is 2.51. The van der Waals surface area contributed by atoms with Gasteiger partial charge < -0.3 is 20.9 Å². The van der Waals surface area contributed by atoms with Crippen molar-refractivity contribution in [1.82, 2.24) is 58.9 Å². The number of guanidine groups is 2. The molecule has 4 aliphatic rings. The molecule has 2 aliphatic heterocycles. The highest BCUT2D eigenvalue weighted by atomic mass is 35.5. The average molecular weight is 1420 g/mol. The van der Waals surface area contributed by atoms with Gasteiger partial charge in [-0.15, -0.1) is 0 Å². The zero-order valence-corrected chi connectivity index (χ0v) is 57.2. The van der Waals surface area contributed by atoms with Crippen LogP contribution in [-0.4, -0.2) is 108 Å². The van der Waals surface area contributed by atoms with E-state index in [9.17, 15) is 54.3 Å². The first-order valence-corrected chi connectivity index (χ1v) is 32.8. The van der Waals surface area contributed by atoms with Gasteiger partial charge in [-0.2, -0.15) is 38.0 Å². The maximum Gasteiger partial charge on any atom is 0.333 e. The largest absolute Gasteiger partial charge is 0.463 e. The number of alkyl halides is 8. The van der Waals surface area contributed by atoms with E-state index in [1.54, 1.807) is 78.9 Å². The molecule has 101 heavy (non-hydrogen) atoms. The molecule has 2 aliphatic carbocycles. The number of nitrogens with two attached hydrogens (primary N) is 2. The standard InChI is InChI=1S/C35H37ClF4N8O3.C35H38F4N8O3/c1-33(2,3)18-35(23-8-5-20(6-9-23)22-15-43-46(16-22)31(39)40)30(50)47(32(41)45-35)26(17-51-27(49)14-34(4)11-12-34)21-7-10-24(36)25(13-21)48-29(28(37)38)42-19-44-48;1-33(2,3)19-35(24-10-8-21(9-11-24)23-16-42-45(17-23)31(38)39)30(49)46(32(40)44-35)26(18-50-27(48)15-34(4)12-13-34)22-6-5-7-25(14-22)47-29(28(36)37)41-20-43-47/h5-10,13,15-16,19,26,28,31H,11-12,14,17-18H2,1-4H3,(H2,41,45);5-11,14,16-17,20,26,28,31H,12-13,15,18-19H2,1-4H3,(H2,40,44)/t2*26-,35-/m11/s1. The summed E-state index contributed by atoms with van der Waals surface area (Å²) in [6.07, 6.45) is 5.72. The molecule has 12 rings (SSSR count). The molecule has 31 heteroatoms. The van der Waals surface area contributed by atoms with Crippen LogP contribution in [0.4, 0.5) is 35.1 Å². The third-order valence-corrected chi connectivity index (χ3v) is 18.5. The summed E-state index contributed by atoms with van der Waals surface area (Å²) in [5.74, 6) is -3.33. The van der Waals surface area contributed by atoms with Gasteiger partial charge in [0.1, 0.15) is 25.9 Å². The Bertz CT molecular complexity index is 4440. The Labute approximate surface area is 580 Å². The van der Waals surface area contributed by atoms with Crippen LogP contribution in [0.5, 0.6) is 0 Å². The third-order valence-electron chi connectivity index (χ3n) is 18.2. The minimum Gasteiger partial charge on any atom is -0.463 e. The topological polar surface area (TPSA) is 267 Å². The van der Waals surface area contributed by atoms with E-state index < -0.39 is 95.3 Å². The van der Waals surface area contributed by atoms with Crippen molar-refractivity contribution in [2.45, 2.75) is 156 Å². The first-order chi connectivity index (χ1) is 47.6. The number of benzene rings is 4. The summed E-state index contributed by atoms with van der Waals surface area (Å²) >= 11 is 6.47. The predicted octanol–water partition coefficient (Wildman–Crippen LogP) is 14.1. The molecule has 2 saturated carbocycles. The summed E-state index contributed by atoms with van der Waals surface area (Å²) in [5.41, 5.74) is 13.3. The van der Waals surface area contributed by atoms with Crippen LogP contribution in [0.3, 0.4) is 0 Å². The van der Waals surface area contributed by atoms with Crippen LogP contribution in [0, 0.1) is 21.7 Å². The molecule has 0 spiro atoms. The van der Waals surface area contributed by atoms with Gasteiger partial charge in [0.05, 0.1) is 53.7 Å². The summed E-state index contributed by atoms with van der Waals surface area (Å²) in [6, 6.07) is 22.5. The lowest BCUT2D eigenvalue weighted by Gasteiger charge is -2.35. The first-order valence-electron chi connectivity index (χ1n) is 32.4. The Morgan fingerprint density at radius 3 is 1.37 bits per heavy atom. The summed E-state index contributed by atoms with van der Waals surface area (Å²) in [6.45, 7) is 9.54. The lowest BCUT2D eigenvalue weighted by molar-refractivity contribution is -0.149. The van der Waals surface area contributed by atoms with Crippen molar-refractivity contribution in [3.8, 4) is 33.6 Å². The quantitative estimate of drug-likeness (QED) is 0.0421. The number of nitrogens with zero attached hydrogens (tertiary/aromatic N) is 14. The molecule has 0 bridgehead atoms. The minimum absolute atomic E-state index is 0.0673. The van der Waals surface area contributed by atoms with Gasteiger partial charge in [0.15, 0.2) is 34.6 Å². The van der Waals surface area contributed by atoms with Crippen molar-refractivity contribution in [3.63, 3.8) is 0 Å². The molecule has 4 aromatic heterocycles. The zero-order chi connectivity index (χ0) is 72.9. The Kier molecular flexibility index (Phi) is 20.0. The first kappa shape index (κ1) is 72.4. The summed E-state index contributed by atoms with van der Waals surface area (Å²) in [5, 5.41) is 15.4. The molecule has 8 aromatic rings. The molecule has 4 atom stereocenters. The van der Waals surface area contributed by atoms with E-state index in [1.165, 1.54) is 46.7 Å². The number of rotatable bonds is 24. The second-order valence-electron chi connectivity index (χ2n) is 29.0. The van der Waals surface area contributed by atoms with Crippen molar-refractivity contribution in [2.24, 2.45) is 43.1 Å². The fourth-order valence-electron chi connectivity index (χ4n) is 12.7. The Morgan fingerprint density at radius 2 is 0.970 bits per heavy atom. The van der Waals surface area contributed by atoms with Crippen molar-refractivity contribution in [1.29, 1.82) is 0 Å². The van der Waals surface area contributed by atoms with Crippen LogP contribution in [0.2, 0.25) is 5.02 Å². The number of carbonyl (C=O) groups excluding carboxylic acids is 4. The SMILES string of the molecule is CC(C)(C)C[C@]1(c2ccc(-c3cnn(C(F)F)c3)cc2)N=C(N)N([C@H](COC(=O)CC2(C)CC2)c2ccc(Cl)c(-n3ncnc3C(F)F)c2)C1=O.CC(C)(C)C[C@]1(c2ccc(-c3cnn(C(F)F)c3)cc2)N=C(N)N([C@H](COC(=O)CC2(C)CC2)c2cccc(-n3ncnc3C(F)F)c2)C1=O. The Hall–Kier alpha value is -9.87. The lowest BCUT2D eigenvalue weighted by atomic mass is 9.75. The predicted molar refractivity (Wildman–Crippen MR) is 355 cm³/mol. The van der Waals surface area contributed by atoms with E-state index in [0.29, 0.717) is 53.9 Å². The van der Waals surface area contributed by atoms with E-state index in [2.05, 4.69) is 30.4 Å². The van der Waals surface area contributed by atoms with E-state index in [-0.39, 0.29) is 78.0 Å². The highest BCUT2D eigenvalue weighted by Gasteiger charge is 2.55. The molecule has 0 radical (unpaired) electrons. The number of amides is 2. The number of esters is 2. The number of hydrogen-bond acceptors (Lipinski definition) is 16. The van der Waals surface area contributed by atoms with E-state index in [0.717, 1.165) is 47.7 Å². The van der Waals surface area contributed by atoms with Crippen LogP contribution in [-0.2, 0) is 39.7 Å². The van der Waals surface area contributed by atoms with Gasteiger partial charge in [-0.25, -0.2) is 56.2 Å². The van der Waals surface area contributed by atoms with Crippen molar-refractivity contribution in [3.05, 3.63) is 167 Å². The van der Waals surface area contributed by atoms with Gasteiger partial charge in [-0.05, 0) is 118 Å². The van der Waals surface area contributed by atoms with Crippen molar-refractivity contribution < 1.29 is 63.8 Å². The van der Waals surface area contributed by atoms with Crippen LogP contribution < -0.4 is 11.5 Å². The number of hydrogen-bond donors (Lipinski definition) is 2. The second kappa shape index (κ2) is 27.9. The van der Waals surface area contributed by atoms with Gasteiger partial charge in [0.2, 0.25) is 0 Å². The summed E-state index contributed by atoms with van der Waals surface area (Å²) in [7, 11) is 0. The van der Waals surface area contributed by atoms with Crippen LogP contribution in [0.1, 0.15) is 179 Å². The molecule has 0 saturated heterocycles. The summed E-state index contributed by atoms with van der Waals surface area (Å²) in [4.78, 5) is 75.3. The molecule has 22 nitrogen and oxygen atoms in total. The number of halogens is 9. The fourth-order valence-corrected chi connectivity index (χ4v) is 12.9. The minimum atomic E-state index is -2.96.